The third-order valence-electron chi connectivity index (χ3n) is 5.40. The minimum absolute atomic E-state index is 0.115. The first kappa shape index (κ1) is 23.0. The number of carbonyl (C=O) groups excluding carboxylic acids is 2. The molecule has 1 aromatic carbocycles. The number of ether oxygens (including phenoxy) is 2. The van der Waals surface area contributed by atoms with Crippen LogP contribution in [-0.2, 0) is 16.1 Å². The number of benzene rings is 1. The second-order valence-electron chi connectivity index (χ2n) is 8.93. The first-order valence-corrected chi connectivity index (χ1v) is 10.1. The summed E-state index contributed by atoms with van der Waals surface area (Å²) >= 11 is 0. The van der Waals surface area contributed by atoms with Crippen molar-refractivity contribution in [1.29, 1.82) is 0 Å². The van der Waals surface area contributed by atoms with Gasteiger partial charge in [0, 0.05) is 24.5 Å². The van der Waals surface area contributed by atoms with Crippen molar-refractivity contribution in [2.45, 2.75) is 71.8 Å². The predicted octanol–water partition coefficient (Wildman–Crippen LogP) is 3.70. The lowest BCUT2D eigenvalue weighted by Gasteiger charge is -2.47. The molecule has 1 fully saturated rings. The number of piperidine rings is 1. The van der Waals surface area contributed by atoms with Gasteiger partial charge in [0.05, 0.1) is 6.10 Å². The Hall–Kier alpha value is -2.28. The zero-order valence-corrected chi connectivity index (χ0v) is 18.1. The Morgan fingerprint density at radius 1 is 1.31 bits per heavy atom. The summed E-state index contributed by atoms with van der Waals surface area (Å²) in [5, 5.41) is 13.2. The van der Waals surface area contributed by atoms with Crippen LogP contribution >= 0.6 is 0 Å². The van der Waals surface area contributed by atoms with Crippen LogP contribution in [-0.4, -0.2) is 53.0 Å². The molecule has 0 bridgehead atoms. The van der Waals surface area contributed by atoms with Crippen molar-refractivity contribution in [3.8, 4) is 0 Å². The molecular formula is C22H34N2O5. The summed E-state index contributed by atoms with van der Waals surface area (Å²) < 4.78 is 10.8. The molecule has 1 heterocycles. The number of rotatable bonds is 5. The molecule has 1 aliphatic rings. The molecule has 1 aromatic rings. The summed E-state index contributed by atoms with van der Waals surface area (Å²) in [6.45, 7) is 10.1. The molecule has 3 atom stereocenters. The molecule has 0 aromatic heterocycles. The highest BCUT2D eigenvalue weighted by Crippen LogP contribution is 2.38. The molecule has 0 spiro atoms. The molecule has 1 saturated heterocycles. The highest BCUT2D eigenvalue weighted by atomic mass is 16.6. The van der Waals surface area contributed by atoms with E-state index in [4.69, 9.17) is 9.47 Å². The van der Waals surface area contributed by atoms with Crippen LogP contribution in [0.15, 0.2) is 30.3 Å². The number of likely N-dealkylation sites (tertiary alicyclic amines) is 1. The van der Waals surface area contributed by atoms with Crippen LogP contribution in [0.25, 0.3) is 0 Å². The van der Waals surface area contributed by atoms with Gasteiger partial charge in [0.15, 0.2) is 0 Å². The molecule has 7 nitrogen and oxygen atoms in total. The Morgan fingerprint density at radius 2 is 1.97 bits per heavy atom. The number of nitrogens with zero attached hydrogens (tertiary/aromatic N) is 1. The number of amides is 2. The van der Waals surface area contributed by atoms with Gasteiger partial charge in [0.2, 0.25) is 0 Å². The molecule has 1 aliphatic heterocycles. The van der Waals surface area contributed by atoms with Crippen LogP contribution < -0.4 is 5.32 Å². The van der Waals surface area contributed by atoms with E-state index in [1.165, 1.54) is 0 Å². The second-order valence-corrected chi connectivity index (χ2v) is 8.93. The van der Waals surface area contributed by atoms with Crippen LogP contribution in [0.4, 0.5) is 9.59 Å². The number of hydrogen-bond acceptors (Lipinski definition) is 5. The third-order valence-corrected chi connectivity index (χ3v) is 5.40. The zero-order chi connectivity index (χ0) is 21.7. The quantitative estimate of drug-likeness (QED) is 0.778. The molecule has 7 heteroatoms. The summed E-state index contributed by atoms with van der Waals surface area (Å²) in [7, 11) is 0. The van der Waals surface area contributed by atoms with Crippen LogP contribution in [0, 0.1) is 5.41 Å². The molecule has 162 valence electrons. The third kappa shape index (κ3) is 6.63. The highest BCUT2D eigenvalue weighted by Gasteiger charge is 2.44. The topological polar surface area (TPSA) is 88.1 Å². The van der Waals surface area contributed by atoms with E-state index in [-0.39, 0.29) is 25.3 Å². The largest absolute Gasteiger partial charge is 0.445 e. The standard InChI is InChI=1S/C22H34N2O5/c1-16-13-22(17(2)25,11-12-24(16)20(27)29-21(3,4)5)15-23-19(26)28-14-18-9-7-6-8-10-18/h6-10,16-17,25H,11-15H2,1-5H3,(H,23,26)/t16-,17?,22?/m0/s1. The maximum absolute atomic E-state index is 12.4. The highest BCUT2D eigenvalue weighted by molar-refractivity contribution is 5.69. The fourth-order valence-corrected chi connectivity index (χ4v) is 3.67. The number of aliphatic hydroxyl groups excluding tert-OH is 1. The van der Waals surface area contributed by atoms with Crippen LogP contribution in [0.3, 0.4) is 0 Å². The molecule has 2 amide bonds. The van der Waals surface area contributed by atoms with E-state index < -0.39 is 23.2 Å². The lowest BCUT2D eigenvalue weighted by atomic mass is 9.72. The van der Waals surface area contributed by atoms with Gasteiger partial charge in [-0.3, -0.25) is 0 Å². The molecule has 0 radical (unpaired) electrons. The zero-order valence-electron chi connectivity index (χ0n) is 18.1. The van der Waals surface area contributed by atoms with E-state index in [1.807, 2.05) is 58.0 Å². The first-order valence-electron chi connectivity index (χ1n) is 10.1. The molecule has 2 N–H and O–H groups in total. The van der Waals surface area contributed by atoms with Crippen LogP contribution in [0.1, 0.15) is 53.0 Å². The smallest absolute Gasteiger partial charge is 0.410 e. The first-order chi connectivity index (χ1) is 13.5. The van der Waals surface area contributed by atoms with Gasteiger partial charge in [-0.25, -0.2) is 9.59 Å². The van der Waals surface area contributed by atoms with Crippen molar-refractivity contribution in [3.05, 3.63) is 35.9 Å². The number of carbonyl (C=O) groups is 2. The van der Waals surface area contributed by atoms with Gasteiger partial charge in [-0.05, 0) is 53.0 Å². The van der Waals surface area contributed by atoms with E-state index >= 15 is 0 Å². The number of nitrogens with one attached hydrogen (secondary N) is 1. The Labute approximate surface area is 173 Å². The molecule has 2 rings (SSSR count). The number of hydrogen-bond donors (Lipinski definition) is 2. The van der Waals surface area contributed by atoms with Gasteiger partial charge in [-0.2, -0.15) is 0 Å². The Kier molecular flexibility index (Phi) is 7.52. The van der Waals surface area contributed by atoms with Crippen molar-refractivity contribution in [1.82, 2.24) is 10.2 Å². The van der Waals surface area contributed by atoms with Gasteiger partial charge in [0.25, 0.3) is 0 Å². The fraction of sp³-hybridized carbons (Fsp3) is 0.636. The van der Waals surface area contributed by atoms with Gasteiger partial charge in [0.1, 0.15) is 12.2 Å². The van der Waals surface area contributed by atoms with E-state index in [0.29, 0.717) is 19.4 Å². The Morgan fingerprint density at radius 3 is 2.52 bits per heavy atom. The average molecular weight is 407 g/mol. The van der Waals surface area contributed by atoms with Crippen LogP contribution in [0.2, 0.25) is 0 Å². The number of aliphatic hydroxyl groups is 1. The molecular weight excluding hydrogens is 372 g/mol. The molecule has 0 saturated carbocycles. The SMILES string of the molecule is CC(O)C1(CNC(=O)OCc2ccccc2)CCN(C(=O)OC(C)(C)C)[C@@H](C)C1. The summed E-state index contributed by atoms with van der Waals surface area (Å²) in [5.74, 6) is 0. The lowest BCUT2D eigenvalue weighted by Crippen LogP contribution is -2.56. The molecule has 2 unspecified atom stereocenters. The predicted molar refractivity (Wildman–Crippen MR) is 110 cm³/mol. The lowest BCUT2D eigenvalue weighted by molar-refractivity contribution is -0.0434. The maximum atomic E-state index is 12.4. The normalized spacial score (nSPS) is 23.2. The van der Waals surface area contributed by atoms with Crippen molar-refractivity contribution >= 4 is 12.2 Å². The van der Waals surface area contributed by atoms with E-state index in [1.54, 1.807) is 11.8 Å². The van der Waals surface area contributed by atoms with E-state index in [2.05, 4.69) is 5.32 Å². The van der Waals surface area contributed by atoms with Gasteiger partial charge >= 0.3 is 12.2 Å². The fourth-order valence-electron chi connectivity index (χ4n) is 3.67. The van der Waals surface area contributed by atoms with Gasteiger partial charge < -0.3 is 24.8 Å². The second kappa shape index (κ2) is 9.48. The van der Waals surface area contributed by atoms with Crippen LogP contribution in [0.5, 0.6) is 0 Å². The van der Waals surface area contributed by atoms with E-state index in [9.17, 15) is 14.7 Å². The maximum Gasteiger partial charge on any atom is 0.410 e. The molecule has 29 heavy (non-hydrogen) atoms. The molecule has 0 aliphatic carbocycles. The van der Waals surface area contributed by atoms with Gasteiger partial charge in [-0.15, -0.1) is 0 Å². The van der Waals surface area contributed by atoms with Crippen molar-refractivity contribution in [2.75, 3.05) is 13.1 Å². The van der Waals surface area contributed by atoms with Crippen molar-refractivity contribution in [2.24, 2.45) is 5.41 Å². The average Bonchev–Trinajstić information content (AvgIpc) is 2.64. The van der Waals surface area contributed by atoms with Crippen molar-refractivity contribution in [3.63, 3.8) is 0 Å². The minimum Gasteiger partial charge on any atom is -0.445 e. The summed E-state index contributed by atoms with van der Waals surface area (Å²) in [6, 6.07) is 9.34. The number of alkyl carbamates (subject to hydrolysis) is 1. The summed E-state index contributed by atoms with van der Waals surface area (Å²) in [4.78, 5) is 26.3. The summed E-state index contributed by atoms with van der Waals surface area (Å²) in [6.07, 6.45) is -0.383. The van der Waals surface area contributed by atoms with Crippen molar-refractivity contribution < 1.29 is 24.2 Å². The summed E-state index contributed by atoms with van der Waals surface area (Å²) in [5.41, 5.74) is -0.171. The van der Waals surface area contributed by atoms with E-state index in [0.717, 1.165) is 5.56 Å². The Balaban J connectivity index is 1.91. The van der Waals surface area contributed by atoms with Gasteiger partial charge in [-0.1, -0.05) is 30.3 Å². The minimum atomic E-state index is -0.639. The monoisotopic (exact) mass is 406 g/mol. The Bertz CT molecular complexity index is 686.